The number of nitrogen functional groups attached to an aromatic ring is 1. The summed E-state index contributed by atoms with van der Waals surface area (Å²) in [5.41, 5.74) is 6.20. The highest BCUT2D eigenvalue weighted by molar-refractivity contribution is 6.18. The zero-order chi connectivity index (χ0) is 15.0. The summed E-state index contributed by atoms with van der Waals surface area (Å²) >= 11 is 5.42. The Kier molecular flexibility index (Phi) is 6.07. The number of hydrogen-bond donors (Lipinski definition) is 3. The maximum absolute atomic E-state index is 11.8. The summed E-state index contributed by atoms with van der Waals surface area (Å²) in [7, 11) is 0. The second kappa shape index (κ2) is 7.81. The number of nitrogens with zero attached hydrogens (tertiary/aromatic N) is 1. The second-order valence-electron chi connectivity index (χ2n) is 3.71. The molecule has 1 aromatic carbocycles. The van der Waals surface area contributed by atoms with Gasteiger partial charge in [-0.1, -0.05) is 0 Å². The molecule has 0 spiro atoms. The number of halogens is 1. The first-order valence-corrected chi connectivity index (χ1v) is 6.22. The number of nitrogens with one attached hydrogen (secondary N) is 2. The number of rotatable bonds is 5. The fourth-order valence-corrected chi connectivity index (χ4v) is 1.35. The third-order valence-corrected chi connectivity index (χ3v) is 2.45. The highest BCUT2D eigenvalue weighted by Crippen LogP contribution is 2.05. The van der Waals surface area contributed by atoms with E-state index in [9.17, 15) is 9.59 Å². The van der Waals surface area contributed by atoms with Crippen LogP contribution in [-0.4, -0.2) is 24.2 Å². The zero-order valence-corrected chi connectivity index (χ0v) is 11.3. The van der Waals surface area contributed by atoms with Gasteiger partial charge in [-0.2, -0.15) is 5.26 Å². The van der Waals surface area contributed by atoms with Crippen LogP contribution in [-0.2, 0) is 4.79 Å². The summed E-state index contributed by atoms with van der Waals surface area (Å²) in [6, 6.07) is 7.94. The van der Waals surface area contributed by atoms with E-state index in [-0.39, 0.29) is 18.0 Å². The van der Waals surface area contributed by atoms with Crippen molar-refractivity contribution in [1.29, 1.82) is 5.26 Å². The molecule has 0 atom stereocenters. The number of anilines is 1. The van der Waals surface area contributed by atoms with E-state index in [1.807, 2.05) is 0 Å². The lowest BCUT2D eigenvalue weighted by molar-refractivity contribution is -0.117. The van der Waals surface area contributed by atoms with Crippen LogP contribution < -0.4 is 16.4 Å². The lowest BCUT2D eigenvalue weighted by Gasteiger charge is -2.03. The van der Waals surface area contributed by atoms with E-state index in [1.165, 1.54) is 12.1 Å². The number of benzene rings is 1. The summed E-state index contributed by atoms with van der Waals surface area (Å²) in [4.78, 5) is 23.3. The van der Waals surface area contributed by atoms with Crippen LogP contribution in [0, 0.1) is 11.3 Å². The quantitative estimate of drug-likeness (QED) is 0.322. The maximum Gasteiger partial charge on any atom is 0.263 e. The molecule has 20 heavy (non-hydrogen) atoms. The van der Waals surface area contributed by atoms with Crippen LogP contribution in [0.1, 0.15) is 10.4 Å². The van der Waals surface area contributed by atoms with Gasteiger partial charge in [0.1, 0.15) is 11.6 Å². The predicted octanol–water partition coefficient (Wildman–Crippen LogP) is 0.761. The predicted molar refractivity (Wildman–Crippen MR) is 75.7 cm³/mol. The van der Waals surface area contributed by atoms with E-state index in [2.05, 4.69) is 10.6 Å². The summed E-state index contributed by atoms with van der Waals surface area (Å²) in [5, 5.41) is 13.6. The second-order valence-corrected chi connectivity index (χ2v) is 4.09. The smallest absolute Gasteiger partial charge is 0.263 e. The van der Waals surface area contributed by atoms with Gasteiger partial charge in [0, 0.05) is 29.9 Å². The Hall–Kier alpha value is -2.52. The van der Waals surface area contributed by atoms with Gasteiger partial charge in [-0.15, -0.1) is 11.6 Å². The minimum absolute atomic E-state index is 0.209. The van der Waals surface area contributed by atoms with Gasteiger partial charge in [0.15, 0.2) is 0 Å². The molecule has 0 radical (unpaired) electrons. The summed E-state index contributed by atoms with van der Waals surface area (Å²) < 4.78 is 0. The zero-order valence-electron chi connectivity index (χ0n) is 10.5. The molecule has 2 amide bonds. The van der Waals surface area contributed by atoms with Crippen LogP contribution in [0.5, 0.6) is 0 Å². The van der Waals surface area contributed by atoms with E-state index in [1.54, 1.807) is 18.2 Å². The minimum Gasteiger partial charge on any atom is -0.399 e. The van der Waals surface area contributed by atoms with Gasteiger partial charge in [0.05, 0.1) is 0 Å². The van der Waals surface area contributed by atoms with Crippen molar-refractivity contribution in [2.75, 3.05) is 18.2 Å². The average molecular weight is 293 g/mol. The summed E-state index contributed by atoms with van der Waals surface area (Å²) in [6.07, 6.45) is 1.06. The largest absolute Gasteiger partial charge is 0.399 e. The Bertz CT molecular complexity index is 561. The standard InChI is InChI=1S/C13H13ClN4O2/c14-5-6-17-13(20)10(7-15)8-18-12(19)9-1-3-11(16)4-2-9/h1-4,8H,5-6,16H2,(H,17,20)(H,18,19)/b10-8-. The first-order chi connectivity index (χ1) is 9.58. The number of nitriles is 1. The van der Waals surface area contributed by atoms with Crippen LogP contribution in [0.4, 0.5) is 5.69 Å². The molecule has 0 aliphatic rings. The Morgan fingerprint density at radius 2 is 2.00 bits per heavy atom. The third kappa shape index (κ3) is 4.63. The number of amides is 2. The van der Waals surface area contributed by atoms with Gasteiger partial charge in [0.2, 0.25) is 0 Å². The average Bonchev–Trinajstić information content (AvgIpc) is 2.46. The van der Waals surface area contributed by atoms with E-state index in [0.717, 1.165) is 6.20 Å². The molecule has 1 rings (SSSR count). The van der Waals surface area contributed by atoms with Crippen LogP contribution in [0.3, 0.4) is 0 Å². The van der Waals surface area contributed by atoms with E-state index in [4.69, 9.17) is 22.6 Å². The first kappa shape index (κ1) is 15.5. The molecule has 104 valence electrons. The molecule has 0 aliphatic carbocycles. The molecule has 0 fully saturated rings. The van der Waals surface area contributed by atoms with E-state index in [0.29, 0.717) is 11.3 Å². The molecule has 0 unspecified atom stereocenters. The van der Waals surface area contributed by atoms with Crippen LogP contribution in [0.2, 0.25) is 0 Å². The number of carbonyl (C=O) groups is 2. The highest BCUT2D eigenvalue weighted by Gasteiger charge is 2.09. The summed E-state index contributed by atoms with van der Waals surface area (Å²) in [6.45, 7) is 0.241. The SMILES string of the molecule is N#C/C(=C/NC(=O)c1ccc(N)cc1)C(=O)NCCCl. The first-order valence-electron chi connectivity index (χ1n) is 5.69. The number of alkyl halides is 1. The van der Waals surface area contributed by atoms with Crippen molar-refractivity contribution in [2.45, 2.75) is 0 Å². The fourth-order valence-electron chi connectivity index (χ4n) is 1.26. The van der Waals surface area contributed by atoms with Crippen molar-refractivity contribution < 1.29 is 9.59 Å². The molecule has 7 heteroatoms. The van der Waals surface area contributed by atoms with Crippen molar-refractivity contribution >= 4 is 29.1 Å². The number of nitrogens with two attached hydrogens (primary N) is 1. The third-order valence-electron chi connectivity index (χ3n) is 2.27. The number of hydrogen-bond acceptors (Lipinski definition) is 4. The van der Waals surface area contributed by atoms with Gasteiger partial charge in [-0.05, 0) is 24.3 Å². The Balaban J connectivity index is 2.69. The molecule has 0 heterocycles. The highest BCUT2D eigenvalue weighted by atomic mass is 35.5. The van der Waals surface area contributed by atoms with E-state index >= 15 is 0 Å². The molecule has 0 aromatic heterocycles. The molecule has 4 N–H and O–H groups in total. The van der Waals surface area contributed by atoms with Crippen LogP contribution >= 0.6 is 11.6 Å². The van der Waals surface area contributed by atoms with Gasteiger partial charge in [-0.3, -0.25) is 9.59 Å². The molecule has 1 aromatic rings. The van der Waals surface area contributed by atoms with E-state index < -0.39 is 11.8 Å². The normalized spacial score (nSPS) is 10.5. The van der Waals surface area contributed by atoms with Gasteiger partial charge in [-0.25, -0.2) is 0 Å². The minimum atomic E-state index is -0.592. The summed E-state index contributed by atoms with van der Waals surface area (Å²) in [5.74, 6) is -0.795. The van der Waals surface area contributed by atoms with Crippen LogP contribution in [0.25, 0.3) is 0 Å². The molecule has 6 nitrogen and oxygen atoms in total. The molecule has 0 saturated carbocycles. The number of carbonyl (C=O) groups excluding carboxylic acids is 2. The Morgan fingerprint density at radius 3 is 2.55 bits per heavy atom. The Labute approximate surface area is 121 Å². The van der Waals surface area contributed by atoms with Crippen molar-refractivity contribution in [3.8, 4) is 6.07 Å². The topological polar surface area (TPSA) is 108 Å². The van der Waals surface area contributed by atoms with Crippen LogP contribution in [0.15, 0.2) is 36.0 Å². The molecular formula is C13H13ClN4O2. The monoisotopic (exact) mass is 292 g/mol. The fraction of sp³-hybridized carbons (Fsp3) is 0.154. The molecule has 0 bridgehead atoms. The van der Waals surface area contributed by atoms with Crippen molar-refractivity contribution in [3.05, 3.63) is 41.6 Å². The lowest BCUT2D eigenvalue weighted by Crippen LogP contribution is -2.28. The maximum atomic E-state index is 11.8. The lowest BCUT2D eigenvalue weighted by atomic mass is 10.2. The van der Waals surface area contributed by atoms with Crippen molar-refractivity contribution in [3.63, 3.8) is 0 Å². The van der Waals surface area contributed by atoms with Gasteiger partial charge < -0.3 is 16.4 Å². The van der Waals surface area contributed by atoms with Gasteiger partial charge >= 0.3 is 0 Å². The van der Waals surface area contributed by atoms with Crippen molar-refractivity contribution in [2.24, 2.45) is 0 Å². The Morgan fingerprint density at radius 1 is 1.35 bits per heavy atom. The van der Waals surface area contributed by atoms with Crippen molar-refractivity contribution in [1.82, 2.24) is 10.6 Å². The van der Waals surface area contributed by atoms with Gasteiger partial charge in [0.25, 0.3) is 11.8 Å². The molecule has 0 saturated heterocycles. The molecule has 0 aliphatic heterocycles. The molecular weight excluding hydrogens is 280 g/mol.